The number of benzene rings is 2. The second kappa shape index (κ2) is 10.9. The number of aliphatic hydroxyl groups excluding tert-OH is 1. The predicted molar refractivity (Wildman–Crippen MR) is 114 cm³/mol. The number of hydrogen-bond acceptors (Lipinski definition) is 6. The minimum atomic E-state index is -0.581. The maximum atomic E-state index is 10.3. The Balaban J connectivity index is 1.44. The lowest BCUT2D eigenvalue weighted by molar-refractivity contribution is 0.0397. The number of hydrogen-bond donors (Lipinski definition) is 1. The molecule has 0 saturated carbocycles. The minimum Gasteiger partial charge on any atom is -0.493 e. The Morgan fingerprint density at radius 2 is 1.83 bits per heavy atom. The highest BCUT2D eigenvalue weighted by molar-refractivity contribution is 7.99. The van der Waals surface area contributed by atoms with Gasteiger partial charge in [-0.15, -0.1) is 0 Å². The summed E-state index contributed by atoms with van der Waals surface area (Å²) in [5, 5.41) is 11.1. The molecule has 0 radical (unpaired) electrons. The van der Waals surface area contributed by atoms with E-state index >= 15 is 0 Å². The number of aromatic nitrogens is 2. The highest BCUT2D eigenvalue weighted by Crippen LogP contribution is 2.27. The number of aliphatic hydroxyl groups is 1. The van der Waals surface area contributed by atoms with Crippen LogP contribution in [0.1, 0.15) is 11.1 Å². The second-order valence-electron chi connectivity index (χ2n) is 6.49. The number of nitrogens with zero attached hydrogens (tertiary/aromatic N) is 2. The van der Waals surface area contributed by atoms with Gasteiger partial charge in [-0.05, 0) is 23.3 Å². The van der Waals surface area contributed by atoms with Crippen LogP contribution in [0.15, 0.2) is 66.1 Å². The molecule has 1 N–H and O–H groups in total. The Kier molecular flexibility index (Phi) is 7.98. The molecule has 3 rings (SSSR count). The molecule has 3 aromatic rings. The molecule has 154 valence electrons. The van der Waals surface area contributed by atoms with Gasteiger partial charge in [-0.25, -0.2) is 4.98 Å². The third-order valence-corrected chi connectivity index (χ3v) is 5.45. The van der Waals surface area contributed by atoms with Crippen molar-refractivity contribution in [3.05, 3.63) is 72.1 Å². The first-order chi connectivity index (χ1) is 14.2. The van der Waals surface area contributed by atoms with E-state index in [0.717, 1.165) is 17.3 Å². The Bertz CT molecular complexity index is 886. The van der Waals surface area contributed by atoms with Crippen molar-refractivity contribution in [1.29, 1.82) is 0 Å². The summed E-state index contributed by atoms with van der Waals surface area (Å²) in [5.74, 6) is 1.85. The molecule has 29 heavy (non-hydrogen) atoms. The largest absolute Gasteiger partial charge is 0.493 e. The average Bonchev–Trinajstić information content (AvgIpc) is 3.19. The zero-order valence-corrected chi connectivity index (χ0v) is 17.5. The fourth-order valence-corrected chi connectivity index (χ4v) is 3.70. The van der Waals surface area contributed by atoms with E-state index in [2.05, 4.69) is 21.7 Å². The molecule has 1 unspecified atom stereocenters. The molecule has 0 saturated heterocycles. The van der Waals surface area contributed by atoms with Crippen molar-refractivity contribution in [2.45, 2.75) is 24.4 Å². The van der Waals surface area contributed by atoms with Crippen LogP contribution in [0.5, 0.6) is 11.5 Å². The summed E-state index contributed by atoms with van der Waals surface area (Å²) in [6.45, 7) is 1.40. The van der Waals surface area contributed by atoms with Crippen molar-refractivity contribution in [3.63, 3.8) is 0 Å². The van der Waals surface area contributed by atoms with Crippen LogP contribution in [0.4, 0.5) is 0 Å². The molecule has 7 heteroatoms. The molecule has 2 aromatic carbocycles. The van der Waals surface area contributed by atoms with Gasteiger partial charge in [0.2, 0.25) is 0 Å². The van der Waals surface area contributed by atoms with Crippen LogP contribution in [0.25, 0.3) is 0 Å². The fraction of sp³-hybridized carbons (Fsp3) is 0.318. The molecule has 0 amide bonds. The van der Waals surface area contributed by atoms with Gasteiger partial charge in [0.05, 0.1) is 33.5 Å². The summed E-state index contributed by atoms with van der Waals surface area (Å²) in [7, 11) is 3.21. The normalized spacial score (nSPS) is 12.0. The van der Waals surface area contributed by atoms with Gasteiger partial charge >= 0.3 is 0 Å². The third kappa shape index (κ3) is 6.25. The first-order valence-corrected chi connectivity index (χ1v) is 10.3. The molecule has 6 nitrogen and oxygen atoms in total. The van der Waals surface area contributed by atoms with Crippen molar-refractivity contribution < 1.29 is 19.3 Å². The Labute approximate surface area is 175 Å². The maximum Gasteiger partial charge on any atom is 0.168 e. The smallest absolute Gasteiger partial charge is 0.168 e. The minimum absolute atomic E-state index is 0.251. The molecule has 0 aliphatic heterocycles. The van der Waals surface area contributed by atoms with Crippen LogP contribution >= 0.6 is 11.8 Å². The van der Waals surface area contributed by atoms with Gasteiger partial charge in [-0.3, -0.25) is 0 Å². The van der Waals surface area contributed by atoms with Crippen LogP contribution < -0.4 is 9.47 Å². The van der Waals surface area contributed by atoms with Gasteiger partial charge < -0.3 is 23.9 Å². The quantitative estimate of drug-likeness (QED) is 0.484. The van der Waals surface area contributed by atoms with Crippen LogP contribution in [0, 0.1) is 0 Å². The van der Waals surface area contributed by atoms with Gasteiger partial charge in [0.1, 0.15) is 0 Å². The van der Waals surface area contributed by atoms with Crippen LogP contribution in [-0.4, -0.2) is 47.3 Å². The lowest BCUT2D eigenvalue weighted by atomic mass is 10.2. The first-order valence-electron chi connectivity index (χ1n) is 9.34. The lowest BCUT2D eigenvalue weighted by Gasteiger charge is -2.13. The summed E-state index contributed by atoms with van der Waals surface area (Å²) in [5.41, 5.74) is 2.17. The molecular weight excluding hydrogens is 388 g/mol. The highest BCUT2D eigenvalue weighted by Gasteiger charge is 2.11. The fourth-order valence-electron chi connectivity index (χ4n) is 2.84. The topological polar surface area (TPSA) is 65.7 Å². The van der Waals surface area contributed by atoms with Crippen LogP contribution in [0.2, 0.25) is 0 Å². The summed E-state index contributed by atoms with van der Waals surface area (Å²) < 4.78 is 18.3. The van der Waals surface area contributed by atoms with Gasteiger partial charge in [-0.1, -0.05) is 48.2 Å². The number of rotatable bonds is 11. The van der Waals surface area contributed by atoms with Crippen LogP contribution in [0.3, 0.4) is 0 Å². The second-order valence-corrected chi connectivity index (χ2v) is 7.48. The van der Waals surface area contributed by atoms with E-state index in [1.54, 1.807) is 20.4 Å². The molecule has 1 aromatic heterocycles. The first kappa shape index (κ1) is 21.2. The van der Waals surface area contributed by atoms with Crippen molar-refractivity contribution in [2.75, 3.05) is 26.6 Å². The van der Waals surface area contributed by atoms with Crippen molar-refractivity contribution in [2.24, 2.45) is 0 Å². The monoisotopic (exact) mass is 414 g/mol. The SMILES string of the molecule is COc1ccc(COCC(O)CSc2nccn2Cc2ccccc2)cc1OC. The molecule has 0 aliphatic carbocycles. The third-order valence-electron chi connectivity index (χ3n) is 4.30. The molecule has 1 atom stereocenters. The number of methoxy groups -OCH3 is 2. The highest BCUT2D eigenvalue weighted by atomic mass is 32.2. The van der Waals surface area contributed by atoms with E-state index in [-0.39, 0.29) is 6.61 Å². The Morgan fingerprint density at radius 1 is 1.03 bits per heavy atom. The van der Waals surface area contributed by atoms with Gasteiger partial charge in [0, 0.05) is 24.7 Å². The number of ether oxygens (including phenoxy) is 3. The van der Waals surface area contributed by atoms with Gasteiger partial charge in [0.15, 0.2) is 16.7 Å². The van der Waals surface area contributed by atoms with E-state index in [1.807, 2.05) is 42.6 Å². The molecule has 0 bridgehead atoms. The number of thioether (sulfide) groups is 1. The van der Waals surface area contributed by atoms with E-state index in [1.165, 1.54) is 17.3 Å². The standard InChI is InChI=1S/C22H26N2O4S/c1-26-20-9-8-18(12-21(20)27-2)14-28-15-19(25)16-29-22-23-10-11-24(22)13-17-6-4-3-5-7-17/h3-12,19,25H,13-16H2,1-2H3. The van der Waals surface area contributed by atoms with E-state index < -0.39 is 6.10 Å². The average molecular weight is 415 g/mol. The Morgan fingerprint density at radius 3 is 2.59 bits per heavy atom. The van der Waals surface area contributed by atoms with E-state index in [0.29, 0.717) is 23.9 Å². The molecule has 0 spiro atoms. The van der Waals surface area contributed by atoms with E-state index in [9.17, 15) is 5.11 Å². The summed E-state index contributed by atoms with van der Waals surface area (Å²) in [6.07, 6.45) is 3.16. The van der Waals surface area contributed by atoms with Crippen molar-refractivity contribution >= 4 is 11.8 Å². The Hall–Kier alpha value is -2.48. The van der Waals surface area contributed by atoms with Crippen molar-refractivity contribution in [1.82, 2.24) is 9.55 Å². The molecular formula is C22H26N2O4S. The molecule has 0 aliphatic rings. The molecule has 0 fully saturated rings. The summed E-state index contributed by atoms with van der Waals surface area (Å²) in [4.78, 5) is 4.40. The van der Waals surface area contributed by atoms with Crippen molar-refractivity contribution in [3.8, 4) is 11.5 Å². The van der Waals surface area contributed by atoms with Gasteiger partial charge in [-0.2, -0.15) is 0 Å². The summed E-state index contributed by atoms with van der Waals surface area (Å²) >= 11 is 1.52. The predicted octanol–water partition coefficient (Wildman–Crippen LogP) is 3.62. The zero-order chi connectivity index (χ0) is 20.5. The van der Waals surface area contributed by atoms with Gasteiger partial charge in [0.25, 0.3) is 0 Å². The number of imidazole rings is 1. The lowest BCUT2D eigenvalue weighted by Crippen LogP contribution is -2.18. The summed E-state index contributed by atoms with van der Waals surface area (Å²) in [6, 6.07) is 15.9. The van der Waals surface area contributed by atoms with Crippen LogP contribution in [-0.2, 0) is 17.9 Å². The zero-order valence-electron chi connectivity index (χ0n) is 16.7. The maximum absolute atomic E-state index is 10.3. The molecule has 1 heterocycles. The van der Waals surface area contributed by atoms with E-state index in [4.69, 9.17) is 14.2 Å².